The third-order valence-electron chi connectivity index (χ3n) is 3.08. The Hall–Kier alpha value is -1.60. The minimum absolute atomic E-state index is 0.0783. The number of carbonyl (C=O) groups is 1. The maximum atomic E-state index is 12.0. The Morgan fingerprint density at radius 3 is 2.52 bits per heavy atom. The molecule has 0 fully saturated rings. The Bertz CT molecular complexity index is 568. The molecule has 0 aliphatic heterocycles. The van der Waals surface area contributed by atoms with Gasteiger partial charge in [-0.2, -0.15) is 0 Å². The number of benzene rings is 1. The zero-order chi connectivity index (χ0) is 15.9. The molecule has 1 amide bonds. The van der Waals surface area contributed by atoms with Crippen LogP contribution in [0.2, 0.25) is 0 Å². The molecule has 0 radical (unpaired) electrons. The highest BCUT2D eigenvalue weighted by molar-refractivity contribution is 7.89. The van der Waals surface area contributed by atoms with Gasteiger partial charge in [0.05, 0.1) is 12.9 Å². The van der Waals surface area contributed by atoms with Gasteiger partial charge in [0, 0.05) is 25.2 Å². The molecule has 1 rings (SSSR count). The minimum atomic E-state index is -3.32. The largest absolute Gasteiger partial charge is 0.497 e. The summed E-state index contributed by atoms with van der Waals surface area (Å²) >= 11 is 0. The van der Waals surface area contributed by atoms with Crippen molar-refractivity contribution in [1.82, 2.24) is 9.62 Å². The van der Waals surface area contributed by atoms with E-state index < -0.39 is 10.0 Å². The number of nitrogens with one attached hydrogen (secondary N) is 1. The van der Waals surface area contributed by atoms with Crippen LogP contribution in [0.5, 0.6) is 5.75 Å². The zero-order valence-corrected chi connectivity index (χ0v) is 13.4. The first-order valence-electron chi connectivity index (χ1n) is 6.84. The van der Waals surface area contributed by atoms with Gasteiger partial charge in [-0.15, -0.1) is 0 Å². The van der Waals surface area contributed by atoms with Crippen molar-refractivity contribution in [2.45, 2.75) is 13.8 Å². The second-order valence-corrected chi connectivity index (χ2v) is 6.48. The predicted molar refractivity (Wildman–Crippen MR) is 82.0 cm³/mol. The summed E-state index contributed by atoms with van der Waals surface area (Å²) in [6.07, 6.45) is 0. The Kier molecular flexibility index (Phi) is 6.64. The van der Waals surface area contributed by atoms with Crippen LogP contribution in [0.1, 0.15) is 24.2 Å². The number of amides is 1. The van der Waals surface area contributed by atoms with Gasteiger partial charge in [0.2, 0.25) is 10.0 Å². The summed E-state index contributed by atoms with van der Waals surface area (Å²) in [6.45, 7) is 4.52. The fourth-order valence-corrected chi connectivity index (χ4v) is 3.31. The van der Waals surface area contributed by atoms with E-state index in [0.717, 1.165) is 0 Å². The molecule has 0 atom stereocenters. The lowest BCUT2D eigenvalue weighted by molar-refractivity contribution is 0.0955. The maximum Gasteiger partial charge on any atom is 0.251 e. The van der Waals surface area contributed by atoms with Crippen molar-refractivity contribution in [3.05, 3.63) is 29.8 Å². The molecule has 7 heteroatoms. The van der Waals surface area contributed by atoms with Crippen LogP contribution >= 0.6 is 0 Å². The Balaban J connectivity index is 2.57. The molecule has 6 nitrogen and oxygen atoms in total. The van der Waals surface area contributed by atoms with Crippen molar-refractivity contribution in [1.29, 1.82) is 0 Å². The topological polar surface area (TPSA) is 75.7 Å². The van der Waals surface area contributed by atoms with Gasteiger partial charge in [-0.3, -0.25) is 4.79 Å². The van der Waals surface area contributed by atoms with Crippen molar-refractivity contribution in [3.63, 3.8) is 0 Å². The van der Waals surface area contributed by atoms with Crippen molar-refractivity contribution in [3.8, 4) is 5.75 Å². The highest BCUT2D eigenvalue weighted by atomic mass is 32.2. The van der Waals surface area contributed by atoms with Gasteiger partial charge in [-0.1, -0.05) is 19.9 Å². The fourth-order valence-electron chi connectivity index (χ4n) is 1.91. The van der Waals surface area contributed by atoms with Crippen LogP contribution in [0, 0.1) is 0 Å². The number of hydrogen-bond acceptors (Lipinski definition) is 4. The number of hydrogen-bond donors (Lipinski definition) is 1. The molecule has 1 N–H and O–H groups in total. The van der Waals surface area contributed by atoms with E-state index in [-0.39, 0.29) is 18.2 Å². The molecular weight excluding hydrogens is 292 g/mol. The number of methoxy groups -OCH3 is 1. The molecular formula is C14H22N2O4S. The summed E-state index contributed by atoms with van der Waals surface area (Å²) < 4.78 is 30.4. The van der Waals surface area contributed by atoms with Crippen molar-refractivity contribution in [2.75, 3.05) is 32.5 Å². The smallest absolute Gasteiger partial charge is 0.251 e. The summed E-state index contributed by atoms with van der Waals surface area (Å²) in [7, 11) is -1.80. The predicted octanol–water partition coefficient (Wildman–Crippen LogP) is 1.10. The van der Waals surface area contributed by atoms with Crippen LogP contribution in [0.25, 0.3) is 0 Å². The Morgan fingerprint density at radius 2 is 1.95 bits per heavy atom. The molecule has 0 aliphatic rings. The van der Waals surface area contributed by atoms with Crippen LogP contribution in [0.3, 0.4) is 0 Å². The van der Waals surface area contributed by atoms with Gasteiger partial charge >= 0.3 is 0 Å². The lowest BCUT2D eigenvalue weighted by atomic mass is 10.2. The number of carbonyl (C=O) groups excluding carboxylic acids is 1. The normalized spacial score (nSPS) is 11.4. The lowest BCUT2D eigenvalue weighted by Crippen LogP contribution is -2.37. The number of rotatable bonds is 8. The van der Waals surface area contributed by atoms with Crippen LogP contribution in [0.4, 0.5) is 0 Å². The first kappa shape index (κ1) is 17.5. The summed E-state index contributed by atoms with van der Waals surface area (Å²) in [4.78, 5) is 11.9. The molecule has 0 heterocycles. The van der Waals surface area contributed by atoms with Crippen molar-refractivity contribution < 1.29 is 17.9 Å². The molecule has 0 spiro atoms. The standard InChI is InChI=1S/C14H22N2O4S/c1-4-16(5-2)21(18,19)10-9-15-14(17)12-7-6-8-13(11-12)20-3/h6-8,11H,4-5,9-10H2,1-3H3,(H,15,17). The third kappa shape index (κ3) is 5.02. The molecule has 0 saturated carbocycles. The SMILES string of the molecule is CCN(CC)S(=O)(=O)CCNC(=O)c1cccc(OC)c1. The molecule has 0 aliphatic carbocycles. The average molecular weight is 314 g/mol. The molecule has 21 heavy (non-hydrogen) atoms. The lowest BCUT2D eigenvalue weighted by Gasteiger charge is -2.18. The van der Waals surface area contributed by atoms with Gasteiger partial charge < -0.3 is 10.1 Å². The molecule has 0 unspecified atom stereocenters. The van der Waals surface area contributed by atoms with E-state index in [2.05, 4.69) is 5.32 Å². The summed E-state index contributed by atoms with van der Waals surface area (Å²) in [5, 5.41) is 2.61. The second kappa shape index (κ2) is 7.99. The number of nitrogens with zero attached hydrogens (tertiary/aromatic N) is 1. The van der Waals surface area contributed by atoms with E-state index in [1.54, 1.807) is 38.1 Å². The summed E-state index contributed by atoms with van der Waals surface area (Å²) in [5.41, 5.74) is 0.439. The van der Waals surface area contributed by atoms with Crippen LogP contribution in [-0.2, 0) is 10.0 Å². The van der Waals surface area contributed by atoms with Gasteiger partial charge in [-0.25, -0.2) is 12.7 Å². The van der Waals surface area contributed by atoms with Crippen LogP contribution in [0.15, 0.2) is 24.3 Å². The fraction of sp³-hybridized carbons (Fsp3) is 0.500. The van der Waals surface area contributed by atoms with E-state index in [9.17, 15) is 13.2 Å². The second-order valence-electron chi connectivity index (χ2n) is 4.39. The maximum absolute atomic E-state index is 12.0. The number of ether oxygens (including phenoxy) is 1. The Morgan fingerprint density at radius 1 is 1.29 bits per heavy atom. The van der Waals surface area contributed by atoms with Gasteiger partial charge in [0.1, 0.15) is 5.75 Å². The summed E-state index contributed by atoms with van der Waals surface area (Å²) in [5.74, 6) is 0.159. The minimum Gasteiger partial charge on any atom is -0.497 e. The molecule has 1 aromatic rings. The zero-order valence-electron chi connectivity index (χ0n) is 12.6. The monoisotopic (exact) mass is 314 g/mol. The molecule has 0 aromatic heterocycles. The van der Waals surface area contributed by atoms with Gasteiger partial charge in [0.15, 0.2) is 0 Å². The first-order valence-corrected chi connectivity index (χ1v) is 8.45. The highest BCUT2D eigenvalue weighted by Gasteiger charge is 2.18. The first-order chi connectivity index (χ1) is 9.94. The van der Waals surface area contributed by atoms with E-state index in [4.69, 9.17) is 4.74 Å². The van der Waals surface area contributed by atoms with E-state index >= 15 is 0 Å². The van der Waals surface area contributed by atoms with E-state index in [1.165, 1.54) is 11.4 Å². The average Bonchev–Trinajstić information content (AvgIpc) is 2.48. The summed E-state index contributed by atoms with van der Waals surface area (Å²) in [6, 6.07) is 6.70. The molecule has 118 valence electrons. The van der Waals surface area contributed by atoms with Crippen LogP contribution in [-0.4, -0.2) is 51.1 Å². The van der Waals surface area contributed by atoms with Crippen molar-refractivity contribution in [2.24, 2.45) is 0 Å². The number of sulfonamides is 1. The van der Waals surface area contributed by atoms with E-state index in [1.807, 2.05) is 0 Å². The third-order valence-corrected chi connectivity index (χ3v) is 5.10. The van der Waals surface area contributed by atoms with Crippen LogP contribution < -0.4 is 10.1 Å². The quantitative estimate of drug-likeness (QED) is 0.779. The highest BCUT2D eigenvalue weighted by Crippen LogP contribution is 2.12. The van der Waals surface area contributed by atoms with Gasteiger partial charge in [-0.05, 0) is 18.2 Å². The molecule has 0 bridgehead atoms. The molecule has 1 aromatic carbocycles. The molecule has 0 saturated heterocycles. The van der Waals surface area contributed by atoms with Crippen molar-refractivity contribution >= 4 is 15.9 Å². The van der Waals surface area contributed by atoms with E-state index in [0.29, 0.717) is 24.4 Å². The Labute approximate surface area is 126 Å². The van der Waals surface area contributed by atoms with Gasteiger partial charge in [0.25, 0.3) is 5.91 Å².